The van der Waals surface area contributed by atoms with Gasteiger partial charge in [0.2, 0.25) is 5.91 Å². The summed E-state index contributed by atoms with van der Waals surface area (Å²) in [5.41, 5.74) is 1.40. The Morgan fingerprint density at radius 2 is 1.82 bits per heavy atom. The van der Waals surface area contributed by atoms with Crippen LogP contribution in [0.25, 0.3) is 0 Å². The van der Waals surface area contributed by atoms with E-state index in [1.165, 1.54) is 24.8 Å². The van der Waals surface area contributed by atoms with Crippen molar-refractivity contribution in [3.05, 3.63) is 35.9 Å². The van der Waals surface area contributed by atoms with Gasteiger partial charge in [-0.3, -0.25) is 9.69 Å². The molecule has 3 nitrogen and oxygen atoms in total. The predicted octanol–water partition coefficient (Wildman–Crippen LogP) is 2.91. The molecule has 1 aromatic carbocycles. The monoisotopic (exact) mass is 298 g/mol. The van der Waals surface area contributed by atoms with Crippen LogP contribution < -0.4 is 0 Å². The zero-order chi connectivity index (χ0) is 14.9. The first-order valence-electron chi connectivity index (χ1n) is 8.86. The number of nitrogens with zero attached hydrogens (tertiary/aromatic N) is 2. The molecule has 5 rings (SSSR count). The zero-order valence-corrected chi connectivity index (χ0v) is 13.3. The van der Waals surface area contributed by atoms with Gasteiger partial charge in [0, 0.05) is 38.1 Å². The van der Waals surface area contributed by atoms with Crippen molar-refractivity contribution in [1.82, 2.24) is 9.80 Å². The lowest BCUT2D eigenvalue weighted by atomic mass is 9.84. The Morgan fingerprint density at radius 1 is 1.00 bits per heavy atom. The fraction of sp³-hybridized carbons (Fsp3) is 0.632. The van der Waals surface area contributed by atoms with E-state index in [2.05, 4.69) is 40.1 Å². The molecule has 2 bridgehead atoms. The molecule has 1 saturated carbocycles. The molecule has 22 heavy (non-hydrogen) atoms. The van der Waals surface area contributed by atoms with Gasteiger partial charge in [0.25, 0.3) is 0 Å². The number of amides is 1. The highest BCUT2D eigenvalue weighted by Crippen LogP contribution is 2.33. The second-order valence-electron chi connectivity index (χ2n) is 7.38. The van der Waals surface area contributed by atoms with Gasteiger partial charge < -0.3 is 4.90 Å². The molecule has 4 aliphatic rings. The number of piperidine rings is 1. The molecule has 1 aromatic rings. The summed E-state index contributed by atoms with van der Waals surface area (Å²) in [7, 11) is 0. The van der Waals surface area contributed by atoms with Gasteiger partial charge in [-0.1, -0.05) is 36.8 Å². The Balaban J connectivity index is 1.45. The Labute approximate surface area is 133 Å². The second kappa shape index (κ2) is 6.04. The Bertz CT molecular complexity index is 525. The molecular formula is C19H26N2O. The van der Waals surface area contributed by atoms with Crippen LogP contribution in [0.4, 0.5) is 0 Å². The minimum absolute atomic E-state index is 0.347. The van der Waals surface area contributed by atoms with Gasteiger partial charge in [-0.25, -0.2) is 0 Å². The van der Waals surface area contributed by atoms with Crippen molar-refractivity contribution in [3.8, 4) is 0 Å². The summed E-state index contributed by atoms with van der Waals surface area (Å²) in [5, 5.41) is 0. The van der Waals surface area contributed by atoms with Gasteiger partial charge in [0.1, 0.15) is 0 Å². The summed E-state index contributed by atoms with van der Waals surface area (Å²) in [6.45, 7) is 4.15. The quantitative estimate of drug-likeness (QED) is 0.856. The molecule has 118 valence electrons. The second-order valence-corrected chi connectivity index (χ2v) is 7.38. The Hall–Kier alpha value is -1.35. The molecule has 0 unspecified atom stereocenters. The first-order valence-corrected chi connectivity index (χ1v) is 8.86. The highest BCUT2D eigenvalue weighted by atomic mass is 16.2. The fourth-order valence-corrected chi connectivity index (χ4v) is 4.28. The molecule has 0 radical (unpaired) electrons. The normalized spacial score (nSPS) is 29.2. The molecule has 3 saturated heterocycles. The predicted molar refractivity (Wildman–Crippen MR) is 87.3 cm³/mol. The van der Waals surface area contributed by atoms with Crippen LogP contribution in [0.5, 0.6) is 0 Å². The van der Waals surface area contributed by atoms with Crippen molar-refractivity contribution in [1.29, 1.82) is 0 Å². The third kappa shape index (κ3) is 2.79. The number of benzene rings is 1. The van der Waals surface area contributed by atoms with Crippen molar-refractivity contribution in [2.24, 2.45) is 11.8 Å². The molecule has 3 aliphatic heterocycles. The van der Waals surface area contributed by atoms with Crippen LogP contribution in [0.2, 0.25) is 0 Å². The zero-order valence-electron chi connectivity index (χ0n) is 13.3. The van der Waals surface area contributed by atoms with E-state index in [1.807, 2.05) is 0 Å². The van der Waals surface area contributed by atoms with Gasteiger partial charge in [-0.05, 0) is 37.2 Å². The maximum Gasteiger partial charge on any atom is 0.225 e. The summed E-state index contributed by atoms with van der Waals surface area (Å²) in [6.07, 6.45) is 6.05. The summed E-state index contributed by atoms with van der Waals surface area (Å²) in [5.74, 6) is 1.47. The van der Waals surface area contributed by atoms with E-state index in [4.69, 9.17) is 0 Å². The number of fused-ring (bicyclic) bond motifs is 4. The van der Waals surface area contributed by atoms with Gasteiger partial charge in [-0.15, -0.1) is 0 Å². The molecular weight excluding hydrogens is 272 g/mol. The lowest BCUT2D eigenvalue weighted by molar-refractivity contribution is -0.138. The van der Waals surface area contributed by atoms with E-state index in [-0.39, 0.29) is 0 Å². The third-order valence-electron chi connectivity index (χ3n) is 5.82. The van der Waals surface area contributed by atoms with Gasteiger partial charge in [0.05, 0.1) is 0 Å². The van der Waals surface area contributed by atoms with Crippen LogP contribution in [0.15, 0.2) is 30.3 Å². The maximum atomic E-state index is 12.6. The molecule has 4 fully saturated rings. The molecule has 1 aliphatic carbocycles. The minimum Gasteiger partial charge on any atom is -0.341 e. The first-order chi connectivity index (χ1) is 10.8. The molecule has 3 heterocycles. The Morgan fingerprint density at radius 3 is 2.55 bits per heavy atom. The van der Waals surface area contributed by atoms with E-state index in [1.54, 1.807) is 0 Å². The number of carbonyl (C=O) groups is 1. The first kappa shape index (κ1) is 14.3. The summed E-state index contributed by atoms with van der Waals surface area (Å²) in [6, 6.07) is 11.3. The summed E-state index contributed by atoms with van der Waals surface area (Å²) in [4.78, 5) is 17.5. The number of carbonyl (C=O) groups excluding carboxylic acids is 1. The minimum atomic E-state index is 0.347. The van der Waals surface area contributed by atoms with Crippen LogP contribution in [0, 0.1) is 11.8 Å². The molecule has 0 aromatic heterocycles. The van der Waals surface area contributed by atoms with Crippen LogP contribution in [-0.2, 0) is 11.3 Å². The SMILES string of the molecule is O=C(C1CCC1)N1C[C@@H]2CC[C@H](C1)N(Cc1ccccc1)C2. The molecule has 0 N–H and O–H groups in total. The summed E-state index contributed by atoms with van der Waals surface area (Å²) >= 11 is 0. The van der Waals surface area contributed by atoms with Crippen molar-refractivity contribution in [2.75, 3.05) is 19.6 Å². The topological polar surface area (TPSA) is 23.6 Å². The molecule has 1 amide bonds. The van der Waals surface area contributed by atoms with Crippen molar-refractivity contribution < 1.29 is 4.79 Å². The van der Waals surface area contributed by atoms with Crippen LogP contribution >= 0.6 is 0 Å². The van der Waals surface area contributed by atoms with Gasteiger partial charge in [-0.2, -0.15) is 0 Å². The van der Waals surface area contributed by atoms with Crippen LogP contribution in [-0.4, -0.2) is 41.4 Å². The van der Waals surface area contributed by atoms with Gasteiger partial charge >= 0.3 is 0 Å². The molecule has 2 atom stereocenters. The van der Waals surface area contributed by atoms with E-state index < -0.39 is 0 Å². The smallest absolute Gasteiger partial charge is 0.225 e. The van der Waals surface area contributed by atoms with Crippen molar-refractivity contribution in [2.45, 2.75) is 44.7 Å². The molecule has 0 spiro atoms. The fourth-order valence-electron chi connectivity index (χ4n) is 4.28. The standard InChI is InChI=1S/C19H26N2O/c22-19(17-7-4-8-17)21-13-16-9-10-18(14-21)20(12-16)11-15-5-2-1-3-6-15/h1-3,5-6,16-18H,4,7-14H2/t16-,18-/m1/s1. The Kier molecular flexibility index (Phi) is 3.91. The van der Waals surface area contributed by atoms with Crippen molar-refractivity contribution >= 4 is 5.91 Å². The lowest BCUT2D eigenvalue weighted by Gasteiger charge is -2.36. The van der Waals surface area contributed by atoms with Crippen LogP contribution in [0.1, 0.15) is 37.7 Å². The van der Waals surface area contributed by atoms with E-state index in [0.717, 1.165) is 39.0 Å². The molecule has 3 heteroatoms. The van der Waals surface area contributed by atoms with E-state index >= 15 is 0 Å². The average molecular weight is 298 g/mol. The van der Waals surface area contributed by atoms with Gasteiger partial charge in [0.15, 0.2) is 0 Å². The largest absolute Gasteiger partial charge is 0.341 e. The van der Waals surface area contributed by atoms with Crippen LogP contribution in [0.3, 0.4) is 0 Å². The van der Waals surface area contributed by atoms with Crippen molar-refractivity contribution in [3.63, 3.8) is 0 Å². The number of rotatable bonds is 3. The van der Waals surface area contributed by atoms with E-state index in [9.17, 15) is 4.79 Å². The lowest BCUT2D eigenvalue weighted by Crippen LogP contribution is -2.45. The highest BCUT2D eigenvalue weighted by Gasteiger charge is 2.38. The maximum absolute atomic E-state index is 12.6. The summed E-state index contributed by atoms with van der Waals surface area (Å²) < 4.78 is 0. The number of hydrogen-bond donors (Lipinski definition) is 0. The third-order valence-corrected chi connectivity index (χ3v) is 5.82. The highest BCUT2D eigenvalue weighted by molar-refractivity contribution is 5.79. The number of hydrogen-bond acceptors (Lipinski definition) is 2. The van der Waals surface area contributed by atoms with E-state index in [0.29, 0.717) is 23.8 Å². The average Bonchev–Trinajstić information content (AvgIpc) is 2.78.